The molecule has 0 amide bonds. The predicted molar refractivity (Wildman–Crippen MR) is 64.8 cm³/mol. The molecular formula is C11H18N2OS. The highest BCUT2D eigenvalue weighted by atomic mass is 32.2. The number of thioether (sulfide) groups is 1. The van der Waals surface area contributed by atoms with Gasteiger partial charge in [-0.1, -0.05) is 6.92 Å². The highest BCUT2D eigenvalue weighted by Crippen LogP contribution is 2.31. The van der Waals surface area contributed by atoms with E-state index in [1.807, 2.05) is 12.1 Å². The third-order valence-electron chi connectivity index (χ3n) is 2.28. The molecule has 4 heteroatoms. The lowest BCUT2D eigenvalue weighted by Gasteiger charge is -2.22. The summed E-state index contributed by atoms with van der Waals surface area (Å²) in [6.07, 6.45) is 4.50. The molecule has 3 nitrogen and oxygen atoms in total. The van der Waals surface area contributed by atoms with E-state index in [1.165, 1.54) is 5.56 Å². The van der Waals surface area contributed by atoms with Crippen LogP contribution in [-0.2, 0) is 0 Å². The predicted octanol–water partition coefficient (Wildman–Crippen LogP) is 1.59. The van der Waals surface area contributed by atoms with Crippen molar-refractivity contribution in [1.29, 1.82) is 0 Å². The molecule has 1 aromatic heterocycles. The van der Waals surface area contributed by atoms with Gasteiger partial charge >= 0.3 is 0 Å². The van der Waals surface area contributed by atoms with E-state index < -0.39 is 0 Å². The normalized spacial score (nSPS) is 14.9. The molecule has 0 aromatic carbocycles. The fourth-order valence-corrected chi connectivity index (χ4v) is 2.56. The Bertz CT molecular complexity index is 269. The van der Waals surface area contributed by atoms with E-state index in [9.17, 15) is 0 Å². The van der Waals surface area contributed by atoms with Crippen molar-refractivity contribution >= 4 is 11.8 Å². The number of nitrogens with zero attached hydrogens (tertiary/aromatic N) is 1. The zero-order valence-electron chi connectivity index (χ0n) is 8.97. The molecule has 15 heavy (non-hydrogen) atoms. The molecule has 0 radical (unpaired) electrons. The van der Waals surface area contributed by atoms with E-state index in [4.69, 9.17) is 10.8 Å². The molecule has 0 saturated heterocycles. The monoisotopic (exact) mass is 226 g/mol. The molecule has 0 saturated carbocycles. The van der Waals surface area contributed by atoms with Crippen LogP contribution in [0, 0.1) is 0 Å². The molecule has 2 unspecified atom stereocenters. The van der Waals surface area contributed by atoms with Crippen LogP contribution in [0.1, 0.15) is 24.2 Å². The zero-order valence-corrected chi connectivity index (χ0v) is 9.78. The first-order chi connectivity index (χ1) is 7.29. The van der Waals surface area contributed by atoms with Crippen molar-refractivity contribution in [2.24, 2.45) is 5.73 Å². The largest absolute Gasteiger partial charge is 0.396 e. The van der Waals surface area contributed by atoms with E-state index in [-0.39, 0.29) is 17.9 Å². The summed E-state index contributed by atoms with van der Waals surface area (Å²) in [6, 6.07) is 4.11. The summed E-state index contributed by atoms with van der Waals surface area (Å²) in [5.41, 5.74) is 7.26. The molecule has 0 aliphatic rings. The van der Waals surface area contributed by atoms with Crippen LogP contribution in [0.4, 0.5) is 0 Å². The summed E-state index contributed by atoms with van der Waals surface area (Å²) in [5, 5.41) is 9.10. The van der Waals surface area contributed by atoms with E-state index >= 15 is 0 Å². The Kier molecular flexibility index (Phi) is 5.68. The van der Waals surface area contributed by atoms with Gasteiger partial charge in [0.15, 0.2) is 0 Å². The van der Waals surface area contributed by atoms with Gasteiger partial charge in [0, 0.05) is 29.4 Å². The lowest BCUT2D eigenvalue weighted by molar-refractivity contribution is 0.322. The van der Waals surface area contributed by atoms with Crippen molar-refractivity contribution in [3.8, 4) is 0 Å². The van der Waals surface area contributed by atoms with Crippen molar-refractivity contribution in [1.82, 2.24) is 4.98 Å². The van der Waals surface area contributed by atoms with E-state index in [0.29, 0.717) is 0 Å². The van der Waals surface area contributed by atoms with Crippen molar-refractivity contribution in [3.05, 3.63) is 30.1 Å². The number of aliphatic hydroxyl groups excluding tert-OH is 1. The molecule has 0 aliphatic carbocycles. The van der Waals surface area contributed by atoms with Gasteiger partial charge in [0.05, 0.1) is 6.61 Å². The Morgan fingerprint density at radius 3 is 2.67 bits per heavy atom. The molecule has 84 valence electrons. The smallest absolute Gasteiger partial charge is 0.0521 e. The van der Waals surface area contributed by atoms with Gasteiger partial charge < -0.3 is 10.8 Å². The van der Waals surface area contributed by atoms with E-state index in [0.717, 1.165) is 12.2 Å². The molecule has 3 N–H and O–H groups in total. The maximum Gasteiger partial charge on any atom is 0.0521 e. The van der Waals surface area contributed by atoms with Crippen LogP contribution < -0.4 is 5.73 Å². The van der Waals surface area contributed by atoms with Gasteiger partial charge in [0.25, 0.3) is 0 Å². The highest BCUT2D eigenvalue weighted by molar-refractivity contribution is 7.99. The number of nitrogens with two attached hydrogens (primary N) is 1. The van der Waals surface area contributed by atoms with E-state index in [2.05, 4.69) is 11.9 Å². The number of hydrogen-bond donors (Lipinski definition) is 2. The molecular weight excluding hydrogens is 208 g/mol. The fraction of sp³-hybridized carbons (Fsp3) is 0.545. The minimum Gasteiger partial charge on any atom is -0.396 e. The molecule has 0 aliphatic heterocycles. The standard InChI is InChI=1S/C11H18N2OS/c1-2-10(12)11(15-8-7-14)9-3-5-13-6-4-9/h3-6,10-11,14H,2,7-8,12H2,1H3. The van der Waals surface area contributed by atoms with Crippen LogP contribution in [0.2, 0.25) is 0 Å². The van der Waals surface area contributed by atoms with Crippen molar-refractivity contribution in [3.63, 3.8) is 0 Å². The topological polar surface area (TPSA) is 59.1 Å². The lowest BCUT2D eigenvalue weighted by atomic mass is 10.1. The second kappa shape index (κ2) is 6.82. The summed E-state index contributed by atoms with van der Waals surface area (Å²) in [6.45, 7) is 2.28. The Morgan fingerprint density at radius 1 is 1.47 bits per heavy atom. The summed E-state index contributed by atoms with van der Waals surface area (Å²) in [4.78, 5) is 3.99. The number of rotatable bonds is 6. The summed E-state index contributed by atoms with van der Waals surface area (Å²) in [5.74, 6) is 0.723. The summed E-state index contributed by atoms with van der Waals surface area (Å²) >= 11 is 1.70. The van der Waals surface area contributed by atoms with Gasteiger partial charge in [-0.05, 0) is 24.1 Å². The maximum absolute atomic E-state index is 8.84. The van der Waals surface area contributed by atoms with Crippen LogP contribution in [0.25, 0.3) is 0 Å². The molecule has 1 heterocycles. The van der Waals surface area contributed by atoms with Crippen LogP contribution in [0.3, 0.4) is 0 Å². The van der Waals surface area contributed by atoms with Gasteiger partial charge in [0.1, 0.15) is 0 Å². The molecule has 1 aromatic rings. The molecule has 2 atom stereocenters. The van der Waals surface area contributed by atoms with Crippen molar-refractivity contribution in [2.75, 3.05) is 12.4 Å². The summed E-state index contributed by atoms with van der Waals surface area (Å²) in [7, 11) is 0. The number of hydrogen-bond acceptors (Lipinski definition) is 4. The van der Waals surface area contributed by atoms with E-state index in [1.54, 1.807) is 24.2 Å². The van der Waals surface area contributed by atoms with Crippen LogP contribution in [0.15, 0.2) is 24.5 Å². The van der Waals surface area contributed by atoms with Gasteiger partial charge in [-0.25, -0.2) is 0 Å². The quantitative estimate of drug-likeness (QED) is 0.773. The lowest BCUT2D eigenvalue weighted by Crippen LogP contribution is -2.26. The Balaban J connectivity index is 2.72. The van der Waals surface area contributed by atoms with Crippen LogP contribution in [-0.4, -0.2) is 28.5 Å². The van der Waals surface area contributed by atoms with Gasteiger partial charge in [0.2, 0.25) is 0 Å². The fourth-order valence-electron chi connectivity index (χ4n) is 1.41. The van der Waals surface area contributed by atoms with Gasteiger partial charge in [-0.2, -0.15) is 0 Å². The number of aromatic nitrogens is 1. The van der Waals surface area contributed by atoms with Gasteiger partial charge in [-0.3, -0.25) is 4.98 Å². The average Bonchev–Trinajstić information content (AvgIpc) is 2.30. The average molecular weight is 226 g/mol. The maximum atomic E-state index is 8.84. The Hall–Kier alpha value is -0.580. The first kappa shape index (κ1) is 12.5. The van der Waals surface area contributed by atoms with Crippen molar-refractivity contribution < 1.29 is 5.11 Å². The second-order valence-electron chi connectivity index (χ2n) is 3.37. The molecule has 0 fully saturated rings. The second-order valence-corrected chi connectivity index (χ2v) is 4.62. The van der Waals surface area contributed by atoms with Crippen molar-refractivity contribution in [2.45, 2.75) is 24.6 Å². The first-order valence-corrected chi connectivity index (χ1v) is 6.22. The molecule has 0 spiro atoms. The van der Waals surface area contributed by atoms with Crippen LogP contribution in [0.5, 0.6) is 0 Å². The summed E-state index contributed by atoms with van der Waals surface area (Å²) < 4.78 is 0. The Labute approximate surface area is 95.1 Å². The number of pyridine rings is 1. The first-order valence-electron chi connectivity index (χ1n) is 5.17. The third kappa shape index (κ3) is 3.81. The highest BCUT2D eigenvalue weighted by Gasteiger charge is 2.18. The van der Waals surface area contributed by atoms with Gasteiger partial charge in [-0.15, -0.1) is 11.8 Å². The molecule has 1 rings (SSSR count). The minimum atomic E-state index is 0.129. The SMILES string of the molecule is CCC(N)C(SCCO)c1ccncc1. The molecule has 0 bridgehead atoms. The Morgan fingerprint density at radius 2 is 2.13 bits per heavy atom. The zero-order chi connectivity index (χ0) is 11.1. The minimum absolute atomic E-state index is 0.129. The number of aliphatic hydroxyl groups is 1. The third-order valence-corrected chi connectivity index (χ3v) is 3.68. The van der Waals surface area contributed by atoms with Crippen LogP contribution >= 0.6 is 11.8 Å².